The SMILES string of the molecule is COc1cc([C@H]2C(=C(O)c3ccc4c(c3)C[C@@H](C)O4)C(=O)C(=O)N2c2nc3ccc(F)cc3s2)ccc1OCCC(C)C. The van der Waals surface area contributed by atoms with E-state index in [2.05, 4.69) is 18.8 Å². The van der Waals surface area contributed by atoms with E-state index in [9.17, 15) is 19.1 Å². The van der Waals surface area contributed by atoms with E-state index in [1.165, 1.54) is 30.2 Å². The maximum Gasteiger partial charge on any atom is 0.301 e. The Morgan fingerprint density at radius 2 is 1.95 bits per heavy atom. The molecule has 43 heavy (non-hydrogen) atoms. The summed E-state index contributed by atoms with van der Waals surface area (Å²) in [6.07, 6.45) is 1.51. The van der Waals surface area contributed by atoms with Gasteiger partial charge in [0.15, 0.2) is 16.6 Å². The van der Waals surface area contributed by atoms with Crippen molar-refractivity contribution in [2.24, 2.45) is 5.92 Å². The van der Waals surface area contributed by atoms with Gasteiger partial charge in [-0.1, -0.05) is 31.3 Å². The minimum absolute atomic E-state index is 0.00409. The van der Waals surface area contributed by atoms with Crippen LogP contribution in [0.15, 0.2) is 60.2 Å². The van der Waals surface area contributed by atoms with Gasteiger partial charge in [0.25, 0.3) is 5.78 Å². The Hall–Kier alpha value is -4.44. The average molecular weight is 603 g/mol. The molecule has 0 unspecified atom stereocenters. The van der Waals surface area contributed by atoms with Crippen LogP contribution in [0, 0.1) is 11.7 Å². The van der Waals surface area contributed by atoms with Gasteiger partial charge in [-0.05, 0) is 78.9 Å². The third-order valence-corrected chi connectivity index (χ3v) is 8.63. The Morgan fingerprint density at radius 1 is 1.14 bits per heavy atom. The molecule has 0 radical (unpaired) electrons. The summed E-state index contributed by atoms with van der Waals surface area (Å²) in [4.78, 5) is 33.2. The summed E-state index contributed by atoms with van der Waals surface area (Å²) in [7, 11) is 1.51. The molecule has 1 amide bonds. The van der Waals surface area contributed by atoms with Crippen LogP contribution in [0.1, 0.15) is 49.9 Å². The molecule has 1 saturated heterocycles. The minimum Gasteiger partial charge on any atom is -0.507 e. The number of hydrogen-bond donors (Lipinski definition) is 1. The molecule has 10 heteroatoms. The normalized spacial score (nSPS) is 19.3. The molecule has 8 nitrogen and oxygen atoms in total. The number of fused-ring (bicyclic) bond motifs is 2. The number of aromatic nitrogens is 1. The van der Waals surface area contributed by atoms with Crippen molar-refractivity contribution < 1.29 is 33.3 Å². The number of carbonyl (C=O) groups is 2. The monoisotopic (exact) mass is 602 g/mol. The van der Waals surface area contributed by atoms with E-state index in [4.69, 9.17) is 14.2 Å². The summed E-state index contributed by atoms with van der Waals surface area (Å²) in [5, 5.41) is 11.9. The highest BCUT2D eigenvalue weighted by Gasteiger charge is 2.48. The maximum atomic E-state index is 14.0. The minimum atomic E-state index is -1.03. The first kappa shape index (κ1) is 28.7. The van der Waals surface area contributed by atoms with Crippen molar-refractivity contribution >= 4 is 44.1 Å². The zero-order valence-electron chi connectivity index (χ0n) is 24.2. The highest BCUT2D eigenvalue weighted by Crippen LogP contribution is 2.46. The van der Waals surface area contributed by atoms with Crippen LogP contribution in [0.2, 0.25) is 0 Å². The number of hydrogen-bond acceptors (Lipinski definition) is 8. The summed E-state index contributed by atoms with van der Waals surface area (Å²) >= 11 is 1.09. The molecule has 6 rings (SSSR count). The molecule has 0 saturated carbocycles. The van der Waals surface area contributed by atoms with E-state index >= 15 is 0 Å². The van der Waals surface area contributed by atoms with Gasteiger partial charge >= 0.3 is 5.91 Å². The zero-order valence-corrected chi connectivity index (χ0v) is 25.0. The third kappa shape index (κ3) is 5.31. The summed E-state index contributed by atoms with van der Waals surface area (Å²) in [6, 6.07) is 13.5. The summed E-state index contributed by atoms with van der Waals surface area (Å²) in [5.41, 5.74) is 2.21. The van der Waals surface area contributed by atoms with E-state index in [0.29, 0.717) is 51.8 Å². The number of thiazole rings is 1. The molecular weight excluding hydrogens is 571 g/mol. The van der Waals surface area contributed by atoms with Crippen LogP contribution in [0.3, 0.4) is 0 Å². The summed E-state index contributed by atoms with van der Waals surface area (Å²) in [6.45, 7) is 6.67. The lowest BCUT2D eigenvalue weighted by Gasteiger charge is -2.24. The third-order valence-electron chi connectivity index (χ3n) is 7.62. The van der Waals surface area contributed by atoms with Gasteiger partial charge in [0.05, 0.1) is 35.5 Å². The van der Waals surface area contributed by atoms with Crippen molar-refractivity contribution in [3.8, 4) is 17.2 Å². The van der Waals surface area contributed by atoms with Gasteiger partial charge in [-0.15, -0.1) is 0 Å². The molecule has 3 heterocycles. The summed E-state index contributed by atoms with van der Waals surface area (Å²) in [5.74, 6) is -0.323. The number of methoxy groups -OCH3 is 1. The van der Waals surface area contributed by atoms with Crippen LogP contribution in [0.5, 0.6) is 17.2 Å². The second-order valence-corrected chi connectivity index (χ2v) is 12.2. The Bertz CT molecular complexity index is 1780. The number of benzene rings is 3. The van der Waals surface area contributed by atoms with Gasteiger partial charge in [-0.2, -0.15) is 0 Å². The van der Waals surface area contributed by atoms with Gasteiger partial charge in [-0.25, -0.2) is 9.37 Å². The lowest BCUT2D eigenvalue weighted by Crippen LogP contribution is -2.29. The number of ether oxygens (including phenoxy) is 3. The molecular formula is C33H31FN2O6S. The highest BCUT2D eigenvalue weighted by atomic mass is 32.1. The number of rotatable bonds is 8. The molecule has 0 spiro atoms. The number of aliphatic hydroxyl groups is 1. The fourth-order valence-electron chi connectivity index (χ4n) is 5.44. The van der Waals surface area contributed by atoms with Gasteiger partial charge in [0, 0.05) is 12.0 Å². The molecule has 2 aliphatic heterocycles. The van der Waals surface area contributed by atoms with E-state index in [-0.39, 0.29) is 22.6 Å². The Labute approximate surface area is 252 Å². The van der Waals surface area contributed by atoms with Crippen molar-refractivity contribution in [3.63, 3.8) is 0 Å². The smallest absolute Gasteiger partial charge is 0.301 e. The topological polar surface area (TPSA) is 98.2 Å². The fraction of sp³-hybridized carbons (Fsp3) is 0.303. The van der Waals surface area contributed by atoms with Crippen molar-refractivity contribution in [2.45, 2.75) is 45.8 Å². The Morgan fingerprint density at radius 3 is 2.72 bits per heavy atom. The number of amides is 1. The van der Waals surface area contributed by atoms with Crippen LogP contribution in [-0.4, -0.2) is 41.6 Å². The number of Topliss-reactive ketones (excluding diaryl/α,β-unsaturated/α-hetero) is 1. The molecule has 3 aromatic carbocycles. The largest absolute Gasteiger partial charge is 0.507 e. The Balaban J connectivity index is 1.49. The number of nitrogens with zero attached hydrogens (tertiary/aromatic N) is 2. The molecule has 1 aromatic heterocycles. The van der Waals surface area contributed by atoms with E-state index < -0.39 is 23.5 Å². The van der Waals surface area contributed by atoms with Crippen LogP contribution < -0.4 is 19.1 Å². The molecule has 4 aromatic rings. The van der Waals surface area contributed by atoms with Gasteiger partial charge in [-0.3, -0.25) is 14.5 Å². The van der Waals surface area contributed by atoms with Crippen molar-refractivity contribution in [2.75, 3.05) is 18.6 Å². The van der Waals surface area contributed by atoms with E-state index in [0.717, 1.165) is 29.1 Å². The number of carbonyl (C=O) groups excluding carboxylic acids is 2. The number of anilines is 1. The average Bonchev–Trinajstić information content (AvgIpc) is 3.64. The van der Waals surface area contributed by atoms with Crippen LogP contribution in [0.4, 0.5) is 9.52 Å². The molecule has 0 aliphatic carbocycles. The highest BCUT2D eigenvalue weighted by molar-refractivity contribution is 7.22. The van der Waals surface area contributed by atoms with Gasteiger partial charge in [0.1, 0.15) is 23.4 Å². The second-order valence-electron chi connectivity index (χ2n) is 11.2. The van der Waals surface area contributed by atoms with Gasteiger partial charge in [0.2, 0.25) is 0 Å². The number of ketones is 1. The number of halogens is 1. The standard InChI is InChI=1S/C33H31FN2O6S/c1-17(2)11-12-41-25-10-5-19(15-26(25)40-4)29-28(30(37)20-6-9-24-21(14-20)13-18(3)42-24)31(38)32(39)36(29)33-35-23-8-7-22(34)16-27(23)43-33/h5-10,14-18,29,37H,11-13H2,1-4H3/t18-,29+/m1/s1. The summed E-state index contributed by atoms with van der Waals surface area (Å²) < 4.78 is 31.9. The first-order valence-electron chi connectivity index (χ1n) is 14.1. The fourth-order valence-corrected chi connectivity index (χ4v) is 6.45. The van der Waals surface area contributed by atoms with Crippen molar-refractivity contribution in [3.05, 3.63) is 82.7 Å². The molecule has 0 bridgehead atoms. The van der Waals surface area contributed by atoms with Crippen molar-refractivity contribution in [1.29, 1.82) is 0 Å². The molecule has 222 valence electrons. The lowest BCUT2D eigenvalue weighted by molar-refractivity contribution is -0.132. The number of aliphatic hydroxyl groups excluding tert-OH is 1. The molecule has 1 fully saturated rings. The quantitative estimate of drug-likeness (QED) is 0.134. The molecule has 2 atom stereocenters. The van der Waals surface area contributed by atoms with Gasteiger partial charge < -0.3 is 19.3 Å². The van der Waals surface area contributed by atoms with E-state index in [1.54, 1.807) is 36.4 Å². The molecule has 1 N–H and O–H groups in total. The first-order valence-corrected chi connectivity index (χ1v) is 14.9. The predicted molar refractivity (Wildman–Crippen MR) is 163 cm³/mol. The second kappa shape index (κ2) is 11.3. The molecule has 2 aliphatic rings. The lowest BCUT2D eigenvalue weighted by atomic mass is 9.94. The van der Waals surface area contributed by atoms with E-state index in [1.807, 2.05) is 6.92 Å². The predicted octanol–water partition coefficient (Wildman–Crippen LogP) is 6.82. The maximum absolute atomic E-state index is 14.0. The zero-order chi connectivity index (χ0) is 30.4. The first-order chi connectivity index (χ1) is 20.6. The van der Waals surface area contributed by atoms with Crippen LogP contribution >= 0.6 is 11.3 Å². The van der Waals surface area contributed by atoms with Crippen LogP contribution in [0.25, 0.3) is 16.0 Å². The van der Waals surface area contributed by atoms with Crippen molar-refractivity contribution in [1.82, 2.24) is 4.98 Å². The Kier molecular flexibility index (Phi) is 7.56. The van der Waals surface area contributed by atoms with Crippen LogP contribution in [-0.2, 0) is 16.0 Å².